The molecular formula is C12H12FNO2S. The lowest BCUT2D eigenvalue weighted by atomic mass is 10.1. The van der Waals surface area contributed by atoms with Gasteiger partial charge in [-0.15, -0.1) is 11.8 Å². The Bertz CT molecular complexity index is 456. The third-order valence-corrected chi connectivity index (χ3v) is 3.62. The summed E-state index contributed by atoms with van der Waals surface area (Å²) in [6.07, 6.45) is 0.514. The molecular weight excluding hydrogens is 241 g/mol. The van der Waals surface area contributed by atoms with Crippen LogP contribution in [0.3, 0.4) is 0 Å². The summed E-state index contributed by atoms with van der Waals surface area (Å²) in [4.78, 5) is 10.8. The summed E-state index contributed by atoms with van der Waals surface area (Å²) in [5.74, 6) is -0.950. The van der Waals surface area contributed by atoms with Gasteiger partial charge in [-0.05, 0) is 30.2 Å². The van der Waals surface area contributed by atoms with E-state index in [9.17, 15) is 9.18 Å². The molecule has 17 heavy (non-hydrogen) atoms. The van der Waals surface area contributed by atoms with Gasteiger partial charge >= 0.3 is 5.97 Å². The van der Waals surface area contributed by atoms with E-state index < -0.39 is 17.0 Å². The van der Waals surface area contributed by atoms with Gasteiger partial charge in [0.15, 0.2) is 0 Å². The molecule has 0 heterocycles. The van der Waals surface area contributed by atoms with Crippen molar-refractivity contribution in [3.05, 3.63) is 35.1 Å². The summed E-state index contributed by atoms with van der Waals surface area (Å²) >= 11 is 1.24. The number of rotatable bonds is 5. The zero-order valence-corrected chi connectivity index (χ0v) is 10.1. The van der Waals surface area contributed by atoms with Gasteiger partial charge in [0, 0.05) is 5.75 Å². The summed E-state index contributed by atoms with van der Waals surface area (Å²) in [6, 6.07) is 5.92. The second-order valence-electron chi connectivity index (χ2n) is 3.51. The van der Waals surface area contributed by atoms with E-state index in [0.29, 0.717) is 17.7 Å². The highest BCUT2D eigenvalue weighted by Crippen LogP contribution is 2.21. The van der Waals surface area contributed by atoms with Gasteiger partial charge in [-0.25, -0.2) is 4.39 Å². The molecule has 0 aromatic heterocycles. The third-order valence-electron chi connectivity index (χ3n) is 2.18. The van der Waals surface area contributed by atoms with Crippen molar-refractivity contribution in [2.75, 3.05) is 0 Å². The number of hydrogen-bond donors (Lipinski definition) is 1. The second kappa shape index (κ2) is 6.26. The highest BCUT2D eigenvalue weighted by molar-refractivity contribution is 7.99. The average molecular weight is 253 g/mol. The van der Waals surface area contributed by atoms with Crippen LogP contribution < -0.4 is 0 Å². The van der Waals surface area contributed by atoms with E-state index in [-0.39, 0.29) is 5.56 Å². The van der Waals surface area contributed by atoms with Gasteiger partial charge < -0.3 is 5.11 Å². The molecule has 1 N–H and O–H groups in total. The monoisotopic (exact) mass is 253 g/mol. The van der Waals surface area contributed by atoms with E-state index >= 15 is 0 Å². The number of carbonyl (C=O) groups is 1. The van der Waals surface area contributed by atoms with Crippen molar-refractivity contribution in [3.63, 3.8) is 0 Å². The Hall–Kier alpha value is -1.54. The highest BCUT2D eigenvalue weighted by atomic mass is 32.2. The normalized spacial score (nSPS) is 11.8. The molecule has 1 aromatic rings. The molecule has 1 rings (SSSR count). The Morgan fingerprint density at radius 3 is 2.82 bits per heavy atom. The van der Waals surface area contributed by atoms with Crippen LogP contribution in [-0.2, 0) is 10.5 Å². The van der Waals surface area contributed by atoms with E-state index in [4.69, 9.17) is 10.4 Å². The Labute approximate surface area is 103 Å². The van der Waals surface area contributed by atoms with E-state index in [1.807, 2.05) is 6.07 Å². The number of carboxylic acid groups (broad SMARTS) is 1. The van der Waals surface area contributed by atoms with Gasteiger partial charge in [0.05, 0.1) is 11.6 Å². The zero-order valence-electron chi connectivity index (χ0n) is 9.31. The maximum atomic E-state index is 13.1. The van der Waals surface area contributed by atoms with Crippen molar-refractivity contribution in [2.24, 2.45) is 0 Å². The van der Waals surface area contributed by atoms with Crippen LogP contribution in [0.5, 0.6) is 0 Å². The Balaban J connectivity index is 2.72. The van der Waals surface area contributed by atoms with Crippen LogP contribution in [0.4, 0.5) is 4.39 Å². The van der Waals surface area contributed by atoms with Crippen LogP contribution in [0.25, 0.3) is 0 Å². The lowest BCUT2D eigenvalue weighted by Gasteiger charge is -2.09. The maximum absolute atomic E-state index is 13.1. The molecule has 0 aliphatic rings. The molecule has 0 radical (unpaired) electrons. The Kier molecular flexibility index (Phi) is 4.98. The molecule has 1 unspecified atom stereocenters. The van der Waals surface area contributed by atoms with E-state index in [0.717, 1.165) is 6.07 Å². The highest BCUT2D eigenvalue weighted by Gasteiger charge is 2.15. The lowest BCUT2D eigenvalue weighted by molar-refractivity contribution is -0.136. The number of benzene rings is 1. The van der Waals surface area contributed by atoms with Gasteiger partial charge in [0.25, 0.3) is 0 Å². The first-order valence-electron chi connectivity index (χ1n) is 5.10. The SMILES string of the molecule is CCC(SCc1cc(F)cc(C#N)c1)C(=O)O. The summed E-state index contributed by atoms with van der Waals surface area (Å²) in [6.45, 7) is 1.79. The zero-order chi connectivity index (χ0) is 12.8. The Morgan fingerprint density at radius 2 is 2.29 bits per heavy atom. The topological polar surface area (TPSA) is 61.1 Å². The molecule has 0 amide bonds. The van der Waals surface area contributed by atoms with E-state index in [1.165, 1.54) is 17.8 Å². The fourth-order valence-corrected chi connectivity index (χ4v) is 2.30. The molecule has 1 aromatic carbocycles. The molecule has 0 saturated heterocycles. The second-order valence-corrected chi connectivity index (χ2v) is 4.70. The van der Waals surface area contributed by atoms with Crippen molar-refractivity contribution in [2.45, 2.75) is 24.3 Å². The summed E-state index contributed by atoms with van der Waals surface area (Å²) in [5, 5.41) is 17.0. The smallest absolute Gasteiger partial charge is 0.316 e. The quantitative estimate of drug-likeness (QED) is 0.876. The summed E-state index contributed by atoms with van der Waals surface area (Å²) in [7, 11) is 0. The average Bonchev–Trinajstić information content (AvgIpc) is 2.28. The molecule has 0 spiro atoms. The van der Waals surface area contributed by atoms with Crippen molar-refractivity contribution in [3.8, 4) is 6.07 Å². The van der Waals surface area contributed by atoms with Crippen LogP contribution in [-0.4, -0.2) is 16.3 Å². The fourth-order valence-electron chi connectivity index (χ4n) is 1.36. The van der Waals surface area contributed by atoms with Crippen LogP contribution in [0.2, 0.25) is 0 Å². The predicted molar refractivity (Wildman–Crippen MR) is 64.1 cm³/mol. The third kappa shape index (κ3) is 4.08. The number of carboxylic acids is 1. The molecule has 0 bridgehead atoms. The number of thioether (sulfide) groups is 1. The molecule has 90 valence electrons. The van der Waals surface area contributed by atoms with Gasteiger partial charge in [-0.2, -0.15) is 5.26 Å². The van der Waals surface area contributed by atoms with Gasteiger partial charge in [-0.1, -0.05) is 6.92 Å². The minimum absolute atomic E-state index is 0.254. The van der Waals surface area contributed by atoms with Crippen molar-refractivity contribution < 1.29 is 14.3 Å². The molecule has 0 saturated carbocycles. The number of aliphatic carboxylic acids is 1. The van der Waals surface area contributed by atoms with Crippen LogP contribution in [0.1, 0.15) is 24.5 Å². The van der Waals surface area contributed by atoms with Gasteiger partial charge in [0.2, 0.25) is 0 Å². The molecule has 0 aliphatic carbocycles. The van der Waals surface area contributed by atoms with E-state index in [2.05, 4.69) is 0 Å². The minimum atomic E-state index is -0.866. The standard InChI is InChI=1S/C12H12FNO2S/c1-2-11(12(15)16)17-7-9-3-8(6-14)4-10(13)5-9/h3-5,11H,2,7H2,1H3,(H,15,16). The van der Waals surface area contributed by atoms with Crippen molar-refractivity contribution in [1.82, 2.24) is 0 Å². The lowest BCUT2D eigenvalue weighted by Crippen LogP contribution is -2.15. The molecule has 1 atom stereocenters. The molecule has 5 heteroatoms. The first kappa shape index (κ1) is 13.5. The maximum Gasteiger partial charge on any atom is 0.316 e. The molecule has 0 fully saturated rings. The predicted octanol–water partition coefficient (Wildman–Crippen LogP) is 2.79. The minimum Gasteiger partial charge on any atom is -0.480 e. The first-order chi connectivity index (χ1) is 8.06. The Morgan fingerprint density at radius 1 is 1.59 bits per heavy atom. The van der Waals surface area contributed by atoms with Gasteiger partial charge in [0.1, 0.15) is 11.1 Å². The summed E-state index contributed by atoms with van der Waals surface area (Å²) < 4.78 is 13.1. The van der Waals surface area contributed by atoms with Crippen LogP contribution in [0.15, 0.2) is 18.2 Å². The van der Waals surface area contributed by atoms with Crippen LogP contribution >= 0.6 is 11.8 Å². The first-order valence-corrected chi connectivity index (χ1v) is 6.15. The van der Waals surface area contributed by atoms with Gasteiger partial charge in [-0.3, -0.25) is 4.79 Å². The van der Waals surface area contributed by atoms with Crippen molar-refractivity contribution >= 4 is 17.7 Å². The fraction of sp³-hybridized carbons (Fsp3) is 0.333. The summed E-state index contributed by atoms with van der Waals surface area (Å²) in [5.41, 5.74) is 0.884. The van der Waals surface area contributed by atoms with Crippen LogP contribution in [0, 0.1) is 17.1 Å². The number of nitriles is 1. The largest absolute Gasteiger partial charge is 0.480 e. The van der Waals surface area contributed by atoms with E-state index in [1.54, 1.807) is 13.0 Å². The number of nitrogens with zero attached hydrogens (tertiary/aromatic N) is 1. The molecule has 3 nitrogen and oxygen atoms in total. The number of hydrogen-bond acceptors (Lipinski definition) is 3. The molecule has 0 aliphatic heterocycles. The number of halogens is 1. The van der Waals surface area contributed by atoms with Crippen molar-refractivity contribution in [1.29, 1.82) is 5.26 Å².